The Morgan fingerprint density at radius 1 is 0.969 bits per heavy atom. The van der Waals surface area contributed by atoms with Crippen molar-refractivity contribution in [2.45, 2.75) is 50.2 Å². The summed E-state index contributed by atoms with van der Waals surface area (Å²) in [5, 5.41) is 6.09. The molecule has 2 N–H and O–H groups in total. The number of nitrogens with zero attached hydrogens (tertiary/aromatic N) is 1. The number of rotatable bonds is 8. The number of amides is 1. The fourth-order valence-electron chi connectivity index (χ4n) is 3.79. The first-order valence-corrected chi connectivity index (χ1v) is 12.4. The second-order valence-electron chi connectivity index (χ2n) is 8.12. The van der Waals surface area contributed by atoms with Gasteiger partial charge in [-0.05, 0) is 55.2 Å². The summed E-state index contributed by atoms with van der Waals surface area (Å²) in [6.45, 7) is 4.05. The van der Waals surface area contributed by atoms with Crippen LogP contribution in [-0.4, -0.2) is 44.6 Å². The van der Waals surface area contributed by atoms with Crippen LogP contribution in [0.15, 0.2) is 47.4 Å². The number of fused-ring (bicyclic) bond motifs is 1. The van der Waals surface area contributed by atoms with Gasteiger partial charge in [-0.2, -0.15) is 4.31 Å². The molecule has 0 radical (unpaired) electrons. The van der Waals surface area contributed by atoms with Gasteiger partial charge in [-0.1, -0.05) is 24.6 Å². The highest BCUT2D eigenvalue weighted by atomic mass is 32.2. The number of piperidine rings is 1. The van der Waals surface area contributed by atoms with Crippen molar-refractivity contribution in [3.05, 3.63) is 53.6 Å². The second-order valence-corrected chi connectivity index (χ2v) is 10.1. The van der Waals surface area contributed by atoms with Crippen LogP contribution in [0.3, 0.4) is 0 Å². The fourth-order valence-corrected chi connectivity index (χ4v) is 5.31. The molecule has 9 heteroatoms. The Morgan fingerprint density at radius 3 is 2.41 bits per heavy atom. The van der Waals surface area contributed by atoms with Crippen LogP contribution < -0.4 is 20.1 Å². The van der Waals surface area contributed by atoms with Crippen LogP contribution in [0.4, 0.5) is 0 Å². The lowest BCUT2D eigenvalue weighted by Crippen LogP contribution is -2.41. The average molecular weight is 460 g/mol. The zero-order valence-corrected chi connectivity index (χ0v) is 19.0. The third kappa shape index (κ3) is 5.23. The first kappa shape index (κ1) is 22.6. The van der Waals surface area contributed by atoms with Gasteiger partial charge in [-0.25, -0.2) is 8.42 Å². The minimum Gasteiger partial charge on any atom is -0.454 e. The number of sulfonamides is 1. The normalized spacial score (nSPS) is 17.2. The molecule has 0 aliphatic carbocycles. The summed E-state index contributed by atoms with van der Waals surface area (Å²) in [5.74, 6) is 1.28. The lowest BCUT2D eigenvalue weighted by Gasteiger charge is -2.25. The van der Waals surface area contributed by atoms with Crippen LogP contribution in [0, 0.1) is 0 Å². The van der Waals surface area contributed by atoms with Crippen molar-refractivity contribution >= 4 is 15.9 Å². The van der Waals surface area contributed by atoms with Crippen molar-refractivity contribution in [1.82, 2.24) is 14.9 Å². The van der Waals surface area contributed by atoms with E-state index in [4.69, 9.17) is 9.47 Å². The largest absolute Gasteiger partial charge is 0.454 e. The SMILES string of the molecule is C[C@@H](NCc1ccc(S(=O)(=O)N2CCCCC2)cc1)C(=O)NCc1ccc2c(c1)OCO2. The molecule has 2 aliphatic heterocycles. The smallest absolute Gasteiger partial charge is 0.243 e. The van der Waals surface area contributed by atoms with Crippen LogP contribution in [-0.2, 0) is 27.9 Å². The molecule has 0 saturated carbocycles. The molecule has 2 heterocycles. The van der Waals surface area contributed by atoms with E-state index in [9.17, 15) is 13.2 Å². The van der Waals surface area contributed by atoms with Gasteiger partial charge < -0.3 is 20.1 Å². The number of benzene rings is 2. The van der Waals surface area contributed by atoms with Gasteiger partial charge in [0.1, 0.15) is 0 Å². The maximum Gasteiger partial charge on any atom is 0.243 e. The Balaban J connectivity index is 1.26. The maximum atomic E-state index is 12.7. The molecule has 2 aromatic carbocycles. The third-order valence-electron chi connectivity index (χ3n) is 5.79. The number of carbonyl (C=O) groups is 1. The highest BCUT2D eigenvalue weighted by molar-refractivity contribution is 7.89. The summed E-state index contributed by atoms with van der Waals surface area (Å²) in [7, 11) is -3.43. The molecule has 1 saturated heterocycles. The first-order valence-electron chi connectivity index (χ1n) is 10.9. The Labute approximate surface area is 189 Å². The highest BCUT2D eigenvalue weighted by Gasteiger charge is 2.25. The molecule has 1 atom stereocenters. The molecule has 0 bridgehead atoms. The van der Waals surface area contributed by atoms with Crippen LogP contribution >= 0.6 is 0 Å². The third-order valence-corrected chi connectivity index (χ3v) is 7.70. The summed E-state index contributed by atoms with van der Waals surface area (Å²) >= 11 is 0. The van der Waals surface area contributed by atoms with Crippen molar-refractivity contribution in [2.24, 2.45) is 0 Å². The standard InChI is InChI=1S/C23H29N3O5S/c1-17(23(27)25-15-19-7-10-21-22(13-19)31-16-30-21)24-14-18-5-8-20(9-6-18)32(28,29)26-11-3-2-4-12-26/h5-10,13,17,24H,2-4,11-12,14-16H2,1H3,(H,25,27)/t17-/m1/s1. The van der Waals surface area contributed by atoms with Gasteiger partial charge in [-0.15, -0.1) is 0 Å². The molecule has 8 nitrogen and oxygen atoms in total. The molecule has 2 aromatic rings. The topological polar surface area (TPSA) is 97.0 Å². The second kappa shape index (κ2) is 9.89. The lowest BCUT2D eigenvalue weighted by molar-refractivity contribution is -0.122. The van der Waals surface area contributed by atoms with E-state index in [0.29, 0.717) is 42.6 Å². The van der Waals surface area contributed by atoms with Gasteiger partial charge in [0.05, 0.1) is 10.9 Å². The summed E-state index contributed by atoms with van der Waals surface area (Å²) in [6.07, 6.45) is 2.91. The maximum absolute atomic E-state index is 12.7. The van der Waals surface area contributed by atoms with Crippen molar-refractivity contribution in [1.29, 1.82) is 0 Å². The molecule has 4 rings (SSSR count). The Morgan fingerprint density at radius 2 is 1.66 bits per heavy atom. The summed E-state index contributed by atoms with van der Waals surface area (Å²) in [5.41, 5.74) is 1.85. The summed E-state index contributed by atoms with van der Waals surface area (Å²) < 4.78 is 37.7. The fraction of sp³-hybridized carbons (Fsp3) is 0.435. The molecular weight excluding hydrogens is 430 g/mol. The molecular formula is C23H29N3O5S. The summed E-state index contributed by atoms with van der Waals surface area (Å²) in [4.78, 5) is 12.7. The predicted molar refractivity (Wildman–Crippen MR) is 120 cm³/mol. The number of carbonyl (C=O) groups excluding carboxylic acids is 1. The predicted octanol–water partition coefficient (Wildman–Crippen LogP) is 2.38. The van der Waals surface area contributed by atoms with Crippen molar-refractivity contribution in [2.75, 3.05) is 19.9 Å². The number of nitrogens with one attached hydrogen (secondary N) is 2. The minimum absolute atomic E-state index is 0.119. The minimum atomic E-state index is -3.43. The van der Waals surface area contributed by atoms with Gasteiger partial charge in [0.2, 0.25) is 22.7 Å². The molecule has 0 unspecified atom stereocenters. The first-order chi connectivity index (χ1) is 15.4. The molecule has 32 heavy (non-hydrogen) atoms. The highest BCUT2D eigenvalue weighted by Crippen LogP contribution is 2.32. The molecule has 1 amide bonds. The van der Waals surface area contributed by atoms with E-state index in [0.717, 1.165) is 30.4 Å². The van der Waals surface area contributed by atoms with Crippen LogP contribution in [0.2, 0.25) is 0 Å². The van der Waals surface area contributed by atoms with Crippen molar-refractivity contribution in [3.63, 3.8) is 0 Å². The van der Waals surface area contributed by atoms with E-state index in [1.165, 1.54) is 0 Å². The molecule has 0 aromatic heterocycles. The Bertz CT molecular complexity index is 1050. The zero-order valence-electron chi connectivity index (χ0n) is 18.2. The van der Waals surface area contributed by atoms with E-state index < -0.39 is 16.1 Å². The number of ether oxygens (including phenoxy) is 2. The summed E-state index contributed by atoms with van der Waals surface area (Å²) in [6, 6.07) is 12.1. The quantitative estimate of drug-likeness (QED) is 0.629. The Hall–Kier alpha value is -2.62. The zero-order chi connectivity index (χ0) is 22.6. The van der Waals surface area contributed by atoms with E-state index in [1.54, 1.807) is 35.5 Å². The van der Waals surface area contributed by atoms with Crippen LogP contribution in [0.1, 0.15) is 37.3 Å². The molecule has 1 fully saturated rings. The van der Waals surface area contributed by atoms with Gasteiger partial charge in [0.25, 0.3) is 0 Å². The van der Waals surface area contributed by atoms with Gasteiger partial charge in [0.15, 0.2) is 11.5 Å². The molecule has 172 valence electrons. The van der Waals surface area contributed by atoms with E-state index in [2.05, 4.69) is 10.6 Å². The molecule has 2 aliphatic rings. The lowest BCUT2D eigenvalue weighted by atomic mass is 10.2. The van der Waals surface area contributed by atoms with Crippen LogP contribution in [0.25, 0.3) is 0 Å². The van der Waals surface area contributed by atoms with Gasteiger partial charge in [-0.3, -0.25) is 4.79 Å². The van der Waals surface area contributed by atoms with E-state index in [-0.39, 0.29) is 12.7 Å². The monoisotopic (exact) mass is 459 g/mol. The number of hydrogen-bond donors (Lipinski definition) is 2. The van der Waals surface area contributed by atoms with Gasteiger partial charge in [0, 0.05) is 26.2 Å². The molecule has 0 spiro atoms. The average Bonchev–Trinajstić information content (AvgIpc) is 3.30. The van der Waals surface area contributed by atoms with E-state index >= 15 is 0 Å². The van der Waals surface area contributed by atoms with Gasteiger partial charge >= 0.3 is 0 Å². The van der Waals surface area contributed by atoms with Crippen molar-refractivity contribution < 1.29 is 22.7 Å². The van der Waals surface area contributed by atoms with E-state index in [1.807, 2.05) is 18.2 Å². The van der Waals surface area contributed by atoms with Crippen molar-refractivity contribution in [3.8, 4) is 11.5 Å². The Kier molecular flexibility index (Phi) is 6.98. The number of hydrogen-bond acceptors (Lipinski definition) is 6. The van der Waals surface area contributed by atoms with Crippen LogP contribution in [0.5, 0.6) is 11.5 Å².